The molecule has 0 atom stereocenters. The van der Waals surface area contributed by atoms with Gasteiger partial charge in [0.1, 0.15) is 17.1 Å². The fourth-order valence-electron chi connectivity index (χ4n) is 3.45. The molecule has 3 aromatic carbocycles. The van der Waals surface area contributed by atoms with Crippen molar-refractivity contribution >= 4 is 51.4 Å². The molecule has 0 aliphatic rings. The highest BCUT2D eigenvalue weighted by Gasteiger charge is 2.18. The van der Waals surface area contributed by atoms with Crippen LogP contribution in [0.3, 0.4) is 0 Å². The summed E-state index contributed by atoms with van der Waals surface area (Å²) < 4.78 is 10.6. The maximum atomic E-state index is 12.8. The van der Waals surface area contributed by atoms with E-state index in [0.29, 0.717) is 39.1 Å². The molecule has 38 heavy (non-hydrogen) atoms. The fourth-order valence-corrected chi connectivity index (χ4v) is 4.88. The molecule has 0 unspecified atom stereocenters. The Morgan fingerprint density at radius 3 is 2.34 bits per heavy atom. The summed E-state index contributed by atoms with van der Waals surface area (Å²) in [5, 5.41) is 18.7. The van der Waals surface area contributed by atoms with Crippen molar-refractivity contribution in [1.29, 1.82) is 0 Å². The number of rotatable bonds is 10. The van der Waals surface area contributed by atoms with Crippen LogP contribution >= 0.6 is 23.1 Å². The van der Waals surface area contributed by atoms with Crippen LogP contribution in [0.2, 0.25) is 0 Å². The van der Waals surface area contributed by atoms with E-state index >= 15 is 0 Å². The number of nitro benzene ring substituents is 1. The summed E-state index contributed by atoms with van der Waals surface area (Å²) >= 11 is 2.57. The number of hydrogen-bond donors (Lipinski definition) is 2. The maximum absolute atomic E-state index is 12.8. The Morgan fingerprint density at radius 2 is 1.68 bits per heavy atom. The first-order valence-corrected chi connectivity index (χ1v) is 13.0. The van der Waals surface area contributed by atoms with E-state index in [1.54, 1.807) is 60.0 Å². The van der Waals surface area contributed by atoms with E-state index in [-0.39, 0.29) is 23.3 Å². The molecule has 1 heterocycles. The van der Waals surface area contributed by atoms with Crippen LogP contribution in [0.4, 0.5) is 16.5 Å². The Morgan fingerprint density at radius 1 is 1.00 bits per heavy atom. The minimum Gasteiger partial charge on any atom is -0.496 e. The molecule has 2 amide bonds. The van der Waals surface area contributed by atoms with Gasteiger partial charge in [0.15, 0.2) is 5.13 Å². The van der Waals surface area contributed by atoms with Gasteiger partial charge in [0.05, 0.1) is 30.6 Å². The number of thioether (sulfide) groups is 1. The molecule has 194 valence electrons. The molecule has 2 N–H and O–H groups in total. The molecule has 0 fully saturated rings. The van der Waals surface area contributed by atoms with E-state index in [1.807, 2.05) is 0 Å². The molecule has 4 rings (SSSR count). The van der Waals surface area contributed by atoms with Crippen LogP contribution in [0.15, 0.2) is 77.0 Å². The van der Waals surface area contributed by atoms with Gasteiger partial charge in [-0.3, -0.25) is 19.7 Å². The predicted octanol–water partition coefficient (Wildman–Crippen LogP) is 5.72. The van der Waals surface area contributed by atoms with Gasteiger partial charge in [-0.2, -0.15) is 0 Å². The Balaban J connectivity index is 1.31. The molecule has 0 aliphatic carbocycles. The number of nitrogens with one attached hydrogen (secondary N) is 2. The van der Waals surface area contributed by atoms with Gasteiger partial charge in [0, 0.05) is 33.7 Å². The third-order valence-electron chi connectivity index (χ3n) is 5.24. The molecule has 12 heteroatoms. The lowest BCUT2D eigenvalue weighted by Crippen LogP contribution is -2.14. The third-order valence-corrected chi connectivity index (χ3v) is 7.01. The van der Waals surface area contributed by atoms with Crippen LogP contribution in [0, 0.1) is 10.1 Å². The summed E-state index contributed by atoms with van der Waals surface area (Å²) in [5.74, 6) is 0.341. The van der Waals surface area contributed by atoms with Crippen LogP contribution in [-0.2, 0) is 4.79 Å². The number of nitro groups is 1. The Kier molecular flexibility index (Phi) is 8.56. The van der Waals surface area contributed by atoms with Crippen LogP contribution < -0.4 is 20.1 Å². The van der Waals surface area contributed by atoms with Crippen molar-refractivity contribution in [2.24, 2.45) is 0 Å². The standard InChI is InChI=1S/C26H22N4O6S2/c1-35-21-7-4-8-22(36-2)24(21)25(32)27-17-9-11-19(12-10-17)37-15-23(31)29-26-28-20(14-38-26)16-5-3-6-18(13-16)30(33)34/h3-14H,15H2,1-2H3,(H,27,32)(H,28,29,31). The van der Waals surface area contributed by atoms with E-state index < -0.39 is 4.92 Å². The van der Waals surface area contributed by atoms with E-state index in [9.17, 15) is 19.7 Å². The van der Waals surface area contributed by atoms with Gasteiger partial charge in [-0.05, 0) is 36.4 Å². The second-order valence-corrected chi connectivity index (χ2v) is 9.61. The highest BCUT2D eigenvalue weighted by atomic mass is 32.2. The van der Waals surface area contributed by atoms with E-state index in [1.165, 1.54) is 49.5 Å². The van der Waals surface area contributed by atoms with Gasteiger partial charge in [-0.1, -0.05) is 18.2 Å². The summed E-state index contributed by atoms with van der Waals surface area (Å²) in [6, 6.07) is 18.4. The monoisotopic (exact) mass is 550 g/mol. The van der Waals surface area contributed by atoms with Gasteiger partial charge >= 0.3 is 0 Å². The number of carbonyl (C=O) groups is 2. The molecule has 1 aromatic heterocycles. The van der Waals surface area contributed by atoms with Crippen molar-refractivity contribution in [3.8, 4) is 22.8 Å². The quantitative estimate of drug-likeness (QED) is 0.146. The number of nitrogens with zero attached hydrogens (tertiary/aromatic N) is 2. The maximum Gasteiger partial charge on any atom is 0.270 e. The summed E-state index contributed by atoms with van der Waals surface area (Å²) in [7, 11) is 2.97. The molecule has 4 aromatic rings. The van der Waals surface area contributed by atoms with E-state index in [0.717, 1.165) is 4.90 Å². The largest absolute Gasteiger partial charge is 0.496 e. The zero-order valence-electron chi connectivity index (χ0n) is 20.3. The Hall–Kier alpha value is -4.42. The van der Waals surface area contributed by atoms with Crippen molar-refractivity contribution < 1.29 is 24.0 Å². The van der Waals surface area contributed by atoms with Crippen LogP contribution in [0.5, 0.6) is 11.5 Å². The van der Waals surface area contributed by atoms with Gasteiger partial charge in [0.25, 0.3) is 11.6 Å². The predicted molar refractivity (Wildman–Crippen MR) is 147 cm³/mol. The van der Waals surface area contributed by atoms with Crippen LogP contribution in [0.1, 0.15) is 10.4 Å². The number of carbonyl (C=O) groups excluding carboxylic acids is 2. The van der Waals surface area contributed by atoms with E-state index in [4.69, 9.17) is 9.47 Å². The Bertz CT molecular complexity index is 1450. The van der Waals surface area contributed by atoms with Gasteiger partial charge in [-0.15, -0.1) is 23.1 Å². The minimum atomic E-state index is -0.464. The second kappa shape index (κ2) is 12.2. The highest BCUT2D eigenvalue weighted by Crippen LogP contribution is 2.30. The molecule has 0 radical (unpaired) electrons. The molecule has 10 nitrogen and oxygen atoms in total. The number of anilines is 2. The second-order valence-electron chi connectivity index (χ2n) is 7.70. The van der Waals surface area contributed by atoms with Gasteiger partial charge in [-0.25, -0.2) is 4.98 Å². The summed E-state index contributed by atoms with van der Waals surface area (Å²) in [6.07, 6.45) is 0. The average molecular weight is 551 g/mol. The number of aromatic nitrogens is 1. The SMILES string of the molecule is COc1cccc(OC)c1C(=O)Nc1ccc(SCC(=O)Nc2nc(-c3cccc([N+](=O)[O-])c3)cs2)cc1. The molecular formula is C26H22N4O6S2. The molecular weight excluding hydrogens is 528 g/mol. The van der Waals surface area contributed by atoms with E-state index in [2.05, 4.69) is 15.6 Å². The molecule has 0 bridgehead atoms. The lowest BCUT2D eigenvalue weighted by Gasteiger charge is -2.13. The molecule has 0 saturated carbocycles. The van der Waals surface area contributed by atoms with Crippen molar-refractivity contribution in [2.45, 2.75) is 4.90 Å². The van der Waals surface area contributed by atoms with Crippen LogP contribution in [0.25, 0.3) is 11.3 Å². The van der Waals surface area contributed by atoms with Crippen molar-refractivity contribution in [3.05, 3.63) is 87.8 Å². The van der Waals surface area contributed by atoms with Crippen molar-refractivity contribution in [2.75, 3.05) is 30.6 Å². The normalized spacial score (nSPS) is 10.5. The number of thiazole rings is 1. The number of ether oxygens (including phenoxy) is 2. The molecule has 0 saturated heterocycles. The van der Waals surface area contributed by atoms with Gasteiger partial charge < -0.3 is 20.1 Å². The molecule has 0 aliphatic heterocycles. The minimum absolute atomic E-state index is 0.0254. The smallest absolute Gasteiger partial charge is 0.270 e. The topological polar surface area (TPSA) is 133 Å². The first kappa shape index (κ1) is 26.6. The van der Waals surface area contributed by atoms with Crippen LogP contribution in [-0.4, -0.2) is 41.7 Å². The summed E-state index contributed by atoms with van der Waals surface area (Å²) in [5.41, 5.74) is 1.99. The average Bonchev–Trinajstić information content (AvgIpc) is 3.40. The number of methoxy groups -OCH3 is 2. The van der Waals surface area contributed by atoms with Crippen molar-refractivity contribution in [3.63, 3.8) is 0 Å². The fraction of sp³-hybridized carbons (Fsp3) is 0.115. The lowest BCUT2D eigenvalue weighted by atomic mass is 10.1. The zero-order valence-corrected chi connectivity index (χ0v) is 21.9. The number of non-ortho nitro benzene ring substituents is 1. The zero-order chi connectivity index (χ0) is 27.1. The third kappa shape index (κ3) is 6.47. The Labute approximate surface area is 226 Å². The number of amides is 2. The number of benzene rings is 3. The first-order chi connectivity index (χ1) is 18.4. The summed E-state index contributed by atoms with van der Waals surface area (Å²) in [4.78, 5) is 41.0. The summed E-state index contributed by atoms with van der Waals surface area (Å²) in [6.45, 7) is 0. The van der Waals surface area contributed by atoms with Gasteiger partial charge in [0.2, 0.25) is 5.91 Å². The first-order valence-electron chi connectivity index (χ1n) is 11.1. The lowest BCUT2D eigenvalue weighted by molar-refractivity contribution is -0.384. The van der Waals surface area contributed by atoms with Crippen molar-refractivity contribution in [1.82, 2.24) is 4.98 Å². The molecule has 0 spiro atoms. The number of hydrogen-bond acceptors (Lipinski definition) is 9. The highest BCUT2D eigenvalue weighted by molar-refractivity contribution is 8.00.